The molecule has 2 rings (SSSR count). The van der Waals surface area contributed by atoms with Crippen molar-refractivity contribution >= 4 is 31.9 Å². The molecule has 0 fully saturated rings. The Morgan fingerprint density at radius 3 is 2.07 bits per heavy atom. The number of aromatic nitrogens is 2. The monoisotopic (exact) mass is 460 g/mol. The number of nitrogens with one attached hydrogen (secondary N) is 2. The van der Waals surface area contributed by atoms with E-state index in [1.807, 2.05) is 0 Å². The van der Waals surface area contributed by atoms with Crippen LogP contribution < -0.4 is 18.9 Å². The number of sulfonamides is 2. The van der Waals surface area contributed by atoms with Gasteiger partial charge in [-0.1, -0.05) is 18.2 Å². The van der Waals surface area contributed by atoms with Gasteiger partial charge in [0.1, 0.15) is 0 Å². The number of carbonyl (C=O) groups excluding carboxylic acids is 1. The van der Waals surface area contributed by atoms with Crippen molar-refractivity contribution < 1.29 is 35.8 Å². The fraction of sp³-hybridized carbons (Fsp3) is 0.312. The minimum atomic E-state index is -4.73. The highest BCUT2D eigenvalue weighted by Crippen LogP contribution is 2.18. The molecule has 164 valence electrons. The normalized spacial score (nSPS) is 12.8. The van der Waals surface area contributed by atoms with Crippen LogP contribution in [0.3, 0.4) is 0 Å². The Morgan fingerprint density at radius 2 is 1.57 bits per heavy atom. The van der Waals surface area contributed by atoms with Gasteiger partial charge in [-0.3, -0.25) is 10.1 Å². The molecule has 0 aliphatic heterocycles. The van der Waals surface area contributed by atoms with E-state index in [0.717, 1.165) is 7.11 Å². The van der Waals surface area contributed by atoms with Crippen molar-refractivity contribution in [2.24, 2.45) is 0 Å². The summed E-state index contributed by atoms with van der Waals surface area (Å²) in [5.41, 5.74) is 0. The SMILES string of the molecule is COCC(C(=O)Nc1nc(OC)cc(OC)n1)S(=O)(=O)NS(=O)(=O)c1ccccc1. The van der Waals surface area contributed by atoms with Gasteiger partial charge in [-0.05, 0) is 12.1 Å². The van der Waals surface area contributed by atoms with Crippen LogP contribution in [0.5, 0.6) is 11.8 Å². The second kappa shape index (κ2) is 9.80. The van der Waals surface area contributed by atoms with E-state index in [1.165, 1.54) is 44.6 Å². The first-order chi connectivity index (χ1) is 14.1. The third kappa shape index (κ3) is 5.85. The van der Waals surface area contributed by atoms with Crippen LogP contribution in [-0.2, 0) is 29.6 Å². The molecule has 30 heavy (non-hydrogen) atoms. The summed E-state index contributed by atoms with van der Waals surface area (Å²) in [7, 11) is -5.38. The predicted molar refractivity (Wildman–Crippen MR) is 105 cm³/mol. The second-order valence-corrected chi connectivity index (χ2v) is 9.46. The van der Waals surface area contributed by atoms with E-state index in [1.54, 1.807) is 10.2 Å². The lowest BCUT2D eigenvalue weighted by Gasteiger charge is -2.17. The van der Waals surface area contributed by atoms with Crippen LogP contribution >= 0.6 is 0 Å². The third-order valence-corrected chi connectivity index (χ3v) is 7.40. The van der Waals surface area contributed by atoms with Crippen LogP contribution in [-0.4, -0.2) is 65.9 Å². The molecule has 14 heteroatoms. The quantitative estimate of drug-likeness (QED) is 0.483. The molecular formula is C16H20N4O8S2. The van der Waals surface area contributed by atoms with Crippen molar-refractivity contribution in [3.63, 3.8) is 0 Å². The minimum Gasteiger partial charge on any atom is -0.481 e. The van der Waals surface area contributed by atoms with E-state index in [4.69, 9.17) is 14.2 Å². The first-order valence-electron chi connectivity index (χ1n) is 8.22. The maximum atomic E-state index is 12.7. The zero-order chi connectivity index (χ0) is 22.4. The molecule has 1 aromatic carbocycles. The smallest absolute Gasteiger partial charge is 0.253 e. The Bertz CT molecular complexity index is 1070. The van der Waals surface area contributed by atoms with Crippen LogP contribution in [0.4, 0.5) is 5.95 Å². The van der Waals surface area contributed by atoms with E-state index in [-0.39, 0.29) is 22.6 Å². The van der Waals surface area contributed by atoms with Gasteiger partial charge >= 0.3 is 0 Å². The molecule has 1 atom stereocenters. The van der Waals surface area contributed by atoms with Gasteiger partial charge in [0.25, 0.3) is 10.0 Å². The molecule has 0 aliphatic carbocycles. The van der Waals surface area contributed by atoms with Crippen LogP contribution in [0.25, 0.3) is 0 Å². The highest BCUT2D eigenvalue weighted by molar-refractivity contribution is 8.05. The van der Waals surface area contributed by atoms with E-state index in [0.29, 0.717) is 0 Å². The summed E-state index contributed by atoms with van der Waals surface area (Å²) >= 11 is 0. The first kappa shape index (κ1) is 23.5. The molecule has 1 aromatic heterocycles. The number of amides is 1. The molecular weight excluding hydrogens is 440 g/mol. The van der Waals surface area contributed by atoms with Gasteiger partial charge in [0, 0.05) is 7.11 Å². The topological polar surface area (TPSA) is 163 Å². The van der Waals surface area contributed by atoms with Crippen molar-refractivity contribution in [3.05, 3.63) is 36.4 Å². The maximum Gasteiger partial charge on any atom is 0.253 e. The fourth-order valence-corrected chi connectivity index (χ4v) is 5.42. The Balaban J connectivity index is 2.30. The van der Waals surface area contributed by atoms with Crippen molar-refractivity contribution in [3.8, 4) is 11.8 Å². The largest absolute Gasteiger partial charge is 0.481 e. The van der Waals surface area contributed by atoms with Crippen molar-refractivity contribution in [1.82, 2.24) is 14.1 Å². The van der Waals surface area contributed by atoms with E-state index < -0.39 is 37.8 Å². The van der Waals surface area contributed by atoms with Gasteiger partial charge < -0.3 is 14.2 Å². The van der Waals surface area contributed by atoms with Crippen molar-refractivity contribution in [2.75, 3.05) is 33.3 Å². The number of hydrogen-bond donors (Lipinski definition) is 2. The maximum absolute atomic E-state index is 12.7. The number of methoxy groups -OCH3 is 3. The van der Waals surface area contributed by atoms with E-state index in [9.17, 15) is 21.6 Å². The summed E-state index contributed by atoms with van der Waals surface area (Å²) in [6.45, 7) is -0.632. The highest BCUT2D eigenvalue weighted by atomic mass is 32.3. The zero-order valence-electron chi connectivity index (χ0n) is 16.2. The molecule has 0 radical (unpaired) electrons. The molecule has 12 nitrogen and oxygen atoms in total. The number of carbonyl (C=O) groups is 1. The summed E-state index contributed by atoms with van der Waals surface area (Å²) in [5.74, 6) is -1.33. The Labute approximate surface area is 173 Å². The van der Waals surface area contributed by atoms with Gasteiger partial charge in [0.05, 0.1) is 31.8 Å². The predicted octanol–water partition coefficient (Wildman–Crippen LogP) is -0.244. The zero-order valence-corrected chi connectivity index (χ0v) is 17.9. The molecule has 2 aromatic rings. The van der Waals surface area contributed by atoms with Gasteiger partial charge in [-0.15, -0.1) is 4.13 Å². The summed E-state index contributed by atoms with van der Waals surface area (Å²) in [6, 6.07) is 8.17. The van der Waals surface area contributed by atoms with Gasteiger partial charge in [-0.25, -0.2) is 16.8 Å². The third-order valence-electron chi connectivity index (χ3n) is 3.60. The van der Waals surface area contributed by atoms with Crippen LogP contribution in [0.1, 0.15) is 0 Å². The molecule has 1 heterocycles. The molecule has 1 unspecified atom stereocenters. The molecule has 0 spiro atoms. The van der Waals surface area contributed by atoms with E-state index in [2.05, 4.69) is 15.3 Å². The minimum absolute atomic E-state index is 0.0491. The van der Waals surface area contributed by atoms with E-state index >= 15 is 0 Å². The van der Waals surface area contributed by atoms with Gasteiger partial charge in [0.2, 0.25) is 33.6 Å². The number of hydrogen-bond acceptors (Lipinski definition) is 10. The number of nitrogens with zero attached hydrogens (tertiary/aromatic N) is 2. The summed E-state index contributed by atoms with van der Waals surface area (Å²) in [5, 5.41) is 0.264. The Hall–Kier alpha value is -2.81. The van der Waals surface area contributed by atoms with Gasteiger partial charge in [0.15, 0.2) is 5.25 Å². The molecule has 0 saturated carbocycles. The van der Waals surface area contributed by atoms with Gasteiger partial charge in [-0.2, -0.15) is 9.97 Å². The highest BCUT2D eigenvalue weighted by Gasteiger charge is 2.37. The van der Waals surface area contributed by atoms with Crippen molar-refractivity contribution in [1.29, 1.82) is 0 Å². The standard InChI is InChI=1S/C16H20N4O8S2/c1-26-10-12(15(21)19-16-17-13(27-2)9-14(18-16)28-3)30(24,25)20-29(22,23)11-7-5-4-6-8-11/h4-9,12,20H,10H2,1-3H3,(H,17,18,19,21). The lowest BCUT2D eigenvalue weighted by molar-refractivity contribution is -0.116. The van der Waals surface area contributed by atoms with Crippen LogP contribution in [0, 0.1) is 0 Å². The van der Waals surface area contributed by atoms with Crippen LogP contribution in [0.2, 0.25) is 0 Å². The molecule has 0 bridgehead atoms. The number of anilines is 1. The average molecular weight is 460 g/mol. The Kier molecular flexibility index (Phi) is 7.66. The fourth-order valence-electron chi connectivity index (χ4n) is 2.18. The number of benzene rings is 1. The molecule has 0 saturated heterocycles. The van der Waals surface area contributed by atoms with Crippen LogP contribution in [0.15, 0.2) is 41.3 Å². The second-order valence-electron chi connectivity index (χ2n) is 5.65. The summed E-state index contributed by atoms with van der Waals surface area (Å²) in [4.78, 5) is 20.1. The summed E-state index contributed by atoms with van der Waals surface area (Å²) in [6.07, 6.45) is 0. The lowest BCUT2D eigenvalue weighted by atomic mass is 10.4. The average Bonchev–Trinajstić information content (AvgIpc) is 2.71. The number of ether oxygens (including phenoxy) is 3. The molecule has 2 N–H and O–H groups in total. The lowest BCUT2D eigenvalue weighted by Crippen LogP contribution is -2.47. The number of rotatable bonds is 10. The van der Waals surface area contributed by atoms with Crippen molar-refractivity contribution in [2.45, 2.75) is 10.1 Å². The molecule has 0 aliphatic rings. The molecule has 1 amide bonds. The Morgan fingerprint density at radius 1 is 1.00 bits per heavy atom. The summed E-state index contributed by atoms with van der Waals surface area (Å²) < 4.78 is 66.4. The first-order valence-corrected chi connectivity index (χ1v) is 11.2.